The van der Waals surface area contributed by atoms with Crippen LogP contribution in [0.15, 0.2) is 219 Å². The van der Waals surface area contributed by atoms with E-state index in [1.54, 1.807) is 13.3 Å². The first-order chi connectivity index (χ1) is 38.8. The van der Waals surface area contributed by atoms with E-state index in [9.17, 15) is 5.11 Å². The minimum Gasteiger partial charge on any atom is -0.496 e. The number of quaternary nitrogens is 1. The second-order valence-corrected chi connectivity index (χ2v) is 20.8. The van der Waals surface area contributed by atoms with Crippen molar-refractivity contribution in [3.63, 3.8) is 0 Å². The molecule has 10 nitrogen and oxygen atoms in total. The van der Waals surface area contributed by atoms with E-state index >= 15 is 0 Å². The summed E-state index contributed by atoms with van der Waals surface area (Å²) in [6, 6.07) is 66.4. The molecule has 1 aromatic heterocycles. The number of fused-ring (bicyclic) bond motifs is 4. The number of aliphatic hydroxyl groups excluding tert-OH is 1. The average molecular weight is 1050 g/mol. The first-order valence-electron chi connectivity index (χ1n) is 27.3. The predicted molar refractivity (Wildman–Crippen MR) is 308 cm³/mol. The Kier molecular flexibility index (Phi) is 16.5. The van der Waals surface area contributed by atoms with Crippen LogP contribution >= 0.6 is 0 Å². The SMILES string of the molecule is C=CC1C[N+]2(Cc3cc(OCc4cc(OCc5ccccc5)cc(OCc5ccccc5)c4)cc(OCc4cc(OCc5ccccc5)cc(OCc5ccccc5)c4)c3)CCC1CC2C(O)c1ccnc2cccc(OC)c12. The molecule has 3 fully saturated rings. The highest BCUT2D eigenvalue weighted by atomic mass is 16.5. The van der Waals surface area contributed by atoms with Gasteiger partial charge in [-0.1, -0.05) is 133 Å². The fourth-order valence-corrected chi connectivity index (χ4v) is 11.5. The van der Waals surface area contributed by atoms with Gasteiger partial charge in [0.05, 0.1) is 25.7 Å². The topological polar surface area (TPSA) is 97.7 Å². The number of hydrogen-bond donors (Lipinski definition) is 1. The predicted octanol–water partition coefficient (Wildman–Crippen LogP) is 14.4. The van der Waals surface area contributed by atoms with Gasteiger partial charge < -0.3 is 42.7 Å². The molecule has 0 amide bonds. The Morgan fingerprint density at radius 3 is 1.35 bits per heavy atom. The summed E-state index contributed by atoms with van der Waals surface area (Å²) in [5.74, 6) is 5.43. The summed E-state index contributed by atoms with van der Waals surface area (Å²) in [6.45, 7) is 8.79. The second-order valence-electron chi connectivity index (χ2n) is 20.8. The molecular formula is C69H67N2O8+. The lowest BCUT2D eigenvalue weighted by molar-refractivity contribution is -0.984. The molecule has 0 spiro atoms. The molecular weight excluding hydrogens is 985 g/mol. The van der Waals surface area contributed by atoms with Crippen LogP contribution < -0.4 is 33.2 Å². The number of methoxy groups -OCH3 is 1. The van der Waals surface area contributed by atoms with E-state index in [0.717, 1.165) is 81.3 Å². The first kappa shape index (κ1) is 52.5. The van der Waals surface area contributed by atoms with E-state index in [-0.39, 0.29) is 19.3 Å². The van der Waals surface area contributed by atoms with Crippen molar-refractivity contribution in [3.8, 4) is 40.2 Å². The summed E-state index contributed by atoms with van der Waals surface area (Å²) < 4.78 is 45.8. The van der Waals surface area contributed by atoms with Gasteiger partial charge in [-0.15, -0.1) is 6.58 Å². The van der Waals surface area contributed by atoms with Crippen molar-refractivity contribution in [2.24, 2.45) is 11.8 Å². The number of aromatic nitrogens is 1. The number of ether oxygens (including phenoxy) is 7. The molecule has 0 aliphatic carbocycles. The summed E-state index contributed by atoms with van der Waals surface area (Å²) >= 11 is 0. The number of benzene rings is 8. The van der Waals surface area contributed by atoms with Gasteiger partial charge in [-0.25, -0.2) is 0 Å². The van der Waals surface area contributed by atoms with Crippen molar-refractivity contribution in [2.45, 2.75) is 71.2 Å². The normalized spacial score (nSPS) is 17.8. The summed E-state index contributed by atoms with van der Waals surface area (Å²) in [5, 5.41) is 13.6. The fourth-order valence-electron chi connectivity index (χ4n) is 11.5. The van der Waals surface area contributed by atoms with Gasteiger partial charge in [-0.05, 0) is 93.9 Å². The van der Waals surface area contributed by atoms with Gasteiger partial charge in [0, 0.05) is 59.7 Å². The standard InChI is InChI=1S/C69H67N2O8/c1-3-56-42-71(30-28-57(56)37-66(71)69(72)64-27-29-70-65-25-16-26-67(73-2)68(64)65)41-53-31-58(78-47-54-33-60(74-43-49-17-8-4-9-18-49)39-61(34-54)75-44-50-19-10-5-11-20-50)38-59(32-53)79-48-55-35-62(76-45-51-21-12-6-13-22-51)40-63(36-55)77-46-52-23-14-7-15-24-52/h3-27,29,31-36,38-40,56-57,66,69,72H,1,28,30,37,41-48H2,2H3/q+1. The molecule has 10 heteroatoms. The fraction of sp³-hybridized carbons (Fsp3) is 0.232. The van der Waals surface area contributed by atoms with Crippen LogP contribution in [0.4, 0.5) is 0 Å². The monoisotopic (exact) mass is 1050 g/mol. The molecule has 4 heterocycles. The molecule has 3 saturated heterocycles. The second kappa shape index (κ2) is 24.8. The van der Waals surface area contributed by atoms with Crippen LogP contribution in [0.1, 0.15) is 63.5 Å². The van der Waals surface area contributed by atoms with Crippen LogP contribution in [0.25, 0.3) is 10.9 Å². The van der Waals surface area contributed by atoms with Gasteiger partial charge in [0.15, 0.2) is 0 Å². The third-order valence-corrected chi connectivity index (χ3v) is 15.5. The van der Waals surface area contributed by atoms with Gasteiger partial charge >= 0.3 is 0 Å². The van der Waals surface area contributed by atoms with Crippen LogP contribution in [0.3, 0.4) is 0 Å². The first-order valence-corrected chi connectivity index (χ1v) is 27.3. The van der Waals surface area contributed by atoms with Gasteiger partial charge in [0.25, 0.3) is 0 Å². The van der Waals surface area contributed by atoms with Crippen LogP contribution in [0.2, 0.25) is 0 Å². The van der Waals surface area contributed by atoms with Gasteiger partial charge in [-0.2, -0.15) is 0 Å². The molecule has 79 heavy (non-hydrogen) atoms. The average Bonchev–Trinajstić information content (AvgIpc) is 3.56. The van der Waals surface area contributed by atoms with Gasteiger partial charge in [0.2, 0.25) is 0 Å². The molecule has 9 aromatic rings. The Hall–Kier alpha value is -8.57. The van der Waals surface area contributed by atoms with Crippen molar-refractivity contribution >= 4 is 10.9 Å². The number of hydrogen-bond acceptors (Lipinski definition) is 9. The Balaban J connectivity index is 0.918. The molecule has 8 aromatic carbocycles. The third kappa shape index (κ3) is 13.1. The number of piperidine rings is 3. The van der Waals surface area contributed by atoms with E-state index in [1.165, 1.54) is 0 Å². The van der Waals surface area contributed by atoms with Crippen molar-refractivity contribution < 1.29 is 42.7 Å². The van der Waals surface area contributed by atoms with Gasteiger partial charge in [-0.3, -0.25) is 4.98 Å². The molecule has 12 rings (SSSR count). The quantitative estimate of drug-likeness (QED) is 0.0469. The van der Waals surface area contributed by atoms with Crippen LogP contribution in [-0.2, 0) is 46.2 Å². The van der Waals surface area contributed by atoms with Crippen molar-refractivity contribution in [1.29, 1.82) is 0 Å². The summed E-state index contributed by atoms with van der Waals surface area (Å²) in [6.07, 6.45) is 5.03. The highest BCUT2D eigenvalue weighted by molar-refractivity contribution is 5.88. The molecule has 0 saturated carbocycles. The Labute approximate surface area is 463 Å². The summed E-state index contributed by atoms with van der Waals surface area (Å²) in [7, 11) is 1.67. The smallest absolute Gasteiger partial charge is 0.132 e. The van der Waals surface area contributed by atoms with Crippen LogP contribution in [0, 0.1) is 11.8 Å². The van der Waals surface area contributed by atoms with Crippen molar-refractivity contribution in [1.82, 2.24) is 4.98 Å². The number of nitrogens with zero attached hydrogens (tertiary/aromatic N) is 2. The largest absolute Gasteiger partial charge is 0.496 e. The molecule has 5 unspecified atom stereocenters. The zero-order chi connectivity index (χ0) is 53.8. The van der Waals surface area contributed by atoms with E-state index in [1.807, 2.05) is 140 Å². The van der Waals surface area contributed by atoms with Crippen LogP contribution in [0.5, 0.6) is 40.2 Å². The maximum absolute atomic E-state index is 12.8. The molecule has 2 bridgehead atoms. The zero-order valence-corrected chi connectivity index (χ0v) is 44.7. The number of aliphatic hydroxyl groups is 1. The van der Waals surface area contributed by atoms with E-state index in [0.29, 0.717) is 89.5 Å². The maximum Gasteiger partial charge on any atom is 0.132 e. The molecule has 3 aliphatic rings. The zero-order valence-electron chi connectivity index (χ0n) is 44.7. The Morgan fingerprint density at radius 2 is 0.937 bits per heavy atom. The Morgan fingerprint density at radius 1 is 0.519 bits per heavy atom. The lowest BCUT2D eigenvalue weighted by Crippen LogP contribution is -2.67. The lowest BCUT2D eigenvalue weighted by Gasteiger charge is -2.58. The van der Waals surface area contributed by atoms with Crippen molar-refractivity contribution in [3.05, 3.63) is 264 Å². The highest BCUT2D eigenvalue weighted by Gasteiger charge is 2.54. The minimum absolute atomic E-state index is 0.111. The van der Waals surface area contributed by atoms with Crippen molar-refractivity contribution in [2.75, 3.05) is 20.2 Å². The molecule has 400 valence electrons. The molecule has 0 radical (unpaired) electrons. The highest BCUT2D eigenvalue weighted by Crippen LogP contribution is 2.49. The minimum atomic E-state index is -0.782. The molecule has 3 aliphatic heterocycles. The number of pyridine rings is 1. The lowest BCUT2D eigenvalue weighted by atomic mass is 9.71. The maximum atomic E-state index is 12.8. The van der Waals surface area contributed by atoms with Crippen LogP contribution in [-0.4, -0.2) is 40.8 Å². The molecule has 5 atom stereocenters. The molecule has 1 N–H and O–H groups in total. The van der Waals surface area contributed by atoms with E-state index in [4.69, 9.17) is 33.2 Å². The number of rotatable bonds is 24. The summed E-state index contributed by atoms with van der Waals surface area (Å²) in [5.41, 5.74) is 8.68. The third-order valence-electron chi connectivity index (χ3n) is 15.5. The van der Waals surface area contributed by atoms with Gasteiger partial charge in [0.1, 0.15) is 98.6 Å². The Bertz CT molecular complexity index is 3170. The van der Waals surface area contributed by atoms with E-state index in [2.05, 4.69) is 78.3 Å². The summed E-state index contributed by atoms with van der Waals surface area (Å²) in [4.78, 5) is 4.68. The van der Waals surface area contributed by atoms with E-state index < -0.39 is 6.10 Å².